The molecule has 0 bridgehead atoms. The van der Waals surface area contributed by atoms with Gasteiger partial charge in [0.25, 0.3) is 0 Å². The van der Waals surface area contributed by atoms with Gasteiger partial charge < -0.3 is 4.74 Å². The molecule has 94 valence electrons. The summed E-state index contributed by atoms with van der Waals surface area (Å²) in [5.41, 5.74) is 3.80. The van der Waals surface area contributed by atoms with Crippen molar-refractivity contribution >= 4 is 17.4 Å². The van der Waals surface area contributed by atoms with Gasteiger partial charge in [0.1, 0.15) is 11.4 Å². The summed E-state index contributed by atoms with van der Waals surface area (Å²) in [5, 5.41) is 0. The molecule has 0 saturated heterocycles. The lowest BCUT2D eigenvalue weighted by Crippen LogP contribution is -2.16. The van der Waals surface area contributed by atoms with E-state index < -0.39 is 0 Å². The van der Waals surface area contributed by atoms with Crippen LogP contribution in [0.2, 0.25) is 0 Å². The van der Waals surface area contributed by atoms with Crippen LogP contribution >= 0.6 is 0 Å². The second-order valence-corrected chi connectivity index (χ2v) is 4.50. The first-order valence-electron chi connectivity index (χ1n) is 6.02. The number of aromatic nitrogens is 1. The zero-order chi connectivity index (χ0) is 13.3. The van der Waals surface area contributed by atoms with Crippen LogP contribution in [0.25, 0.3) is 11.6 Å². The molecule has 0 aliphatic heterocycles. The van der Waals surface area contributed by atoms with Crippen LogP contribution in [0.5, 0.6) is 5.75 Å². The third-order valence-electron chi connectivity index (χ3n) is 3.19. The van der Waals surface area contributed by atoms with E-state index in [-0.39, 0.29) is 5.78 Å². The smallest absolute Gasteiger partial charge is 0.181 e. The molecule has 0 radical (unpaired) electrons. The first kappa shape index (κ1) is 12.6. The Bertz CT molecular complexity index is 544. The van der Waals surface area contributed by atoms with Gasteiger partial charge in [0.15, 0.2) is 5.78 Å². The number of hydrogen-bond acceptors (Lipinski definition) is 3. The Balaban J connectivity index is 2.79. The molecule has 0 aromatic carbocycles. The Kier molecular flexibility index (Phi) is 3.32. The molecule has 1 aromatic rings. The Labute approximate surface area is 107 Å². The molecular formula is C15H17NO2. The van der Waals surface area contributed by atoms with Crippen molar-refractivity contribution in [1.29, 1.82) is 0 Å². The van der Waals surface area contributed by atoms with Crippen LogP contribution in [0.3, 0.4) is 0 Å². The molecule has 0 atom stereocenters. The van der Waals surface area contributed by atoms with Crippen molar-refractivity contribution in [3.63, 3.8) is 0 Å². The lowest BCUT2D eigenvalue weighted by atomic mass is 9.91. The van der Waals surface area contributed by atoms with Gasteiger partial charge in [-0.3, -0.25) is 4.79 Å². The molecule has 0 N–H and O–H groups in total. The molecule has 0 fully saturated rings. The molecule has 1 aliphatic rings. The second kappa shape index (κ2) is 4.77. The van der Waals surface area contributed by atoms with Gasteiger partial charge in [-0.1, -0.05) is 19.2 Å². The van der Waals surface area contributed by atoms with E-state index in [1.54, 1.807) is 13.2 Å². The fourth-order valence-electron chi connectivity index (χ4n) is 2.37. The predicted octanol–water partition coefficient (Wildman–Crippen LogP) is 3.29. The normalized spacial score (nSPS) is 14.0. The zero-order valence-electron chi connectivity index (χ0n) is 10.9. The quantitative estimate of drug-likeness (QED) is 0.817. The van der Waals surface area contributed by atoms with Gasteiger partial charge in [-0.2, -0.15) is 0 Å². The minimum absolute atomic E-state index is 0.0904. The average molecular weight is 243 g/mol. The highest BCUT2D eigenvalue weighted by atomic mass is 16.5. The van der Waals surface area contributed by atoms with E-state index in [9.17, 15) is 4.79 Å². The molecule has 2 rings (SSSR count). The van der Waals surface area contributed by atoms with Gasteiger partial charge in [0.05, 0.1) is 12.8 Å². The lowest BCUT2D eigenvalue weighted by molar-refractivity contribution is 0.0966. The lowest BCUT2D eigenvalue weighted by Gasteiger charge is -2.21. The zero-order valence-corrected chi connectivity index (χ0v) is 10.9. The van der Waals surface area contributed by atoms with Crippen LogP contribution in [0.1, 0.15) is 47.1 Å². The summed E-state index contributed by atoms with van der Waals surface area (Å²) in [6.45, 7) is 9.58. The van der Waals surface area contributed by atoms with E-state index in [2.05, 4.69) is 18.1 Å². The van der Waals surface area contributed by atoms with Gasteiger partial charge in [-0.25, -0.2) is 4.98 Å². The summed E-state index contributed by atoms with van der Waals surface area (Å²) in [6, 6.07) is 0. The predicted molar refractivity (Wildman–Crippen MR) is 72.9 cm³/mol. The van der Waals surface area contributed by atoms with Crippen LogP contribution < -0.4 is 4.74 Å². The largest absolute Gasteiger partial charge is 0.496 e. The van der Waals surface area contributed by atoms with Crippen molar-refractivity contribution < 1.29 is 9.53 Å². The highest BCUT2D eigenvalue weighted by Gasteiger charge is 2.26. The fraction of sp³-hybridized carbons (Fsp3) is 0.333. The molecule has 1 aromatic heterocycles. The summed E-state index contributed by atoms with van der Waals surface area (Å²) in [7, 11) is 1.61. The van der Waals surface area contributed by atoms with Crippen molar-refractivity contribution in [3.8, 4) is 5.75 Å². The molecule has 0 unspecified atom stereocenters. The van der Waals surface area contributed by atoms with Crippen LogP contribution in [0, 0.1) is 0 Å². The molecule has 18 heavy (non-hydrogen) atoms. The Morgan fingerprint density at radius 1 is 1.44 bits per heavy atom. The fourth-order valence-corrected chi connectivity index (χ4v) is 2.37. The minimum atomic E-state index is 0.0904. The summed E-state index contributed by atoms with van der Waals surface area (Å²) in [5.74, 6) is 0.814. The van der Waals surface area contributed by atoms with Crippen molar-refractivity contribution in [1.82, 2.24) is 4.98 Å². The molecule has 3 heteroatoms. The highest BCUT2D eigenvalue weighted by molar-refractivity contribution is 5.98. The van der Waals surface area contributed by atoms with Gasteiger partial charge in [-0.15, -0.1) is 0 Å². The van der Waals surface area contributed by atoms with Gasteiger partial charge in [0.2, 0.25) is 0 Å². The number of pyridine rings is 1. The SMILES string of the molecule is C=Cc1c(C(=C)C)nc2c(c1OC)CCCC2=O. The van der Waals surface area contributed by atoms with E-state index in [0.717, 1.165) is 35.3 Å². The number of hydrogen-bond donors (Lipinski definition) is 0. The van der Waals surface area contributed by atoms with Crippen LogP contribution in [-0.2, 0) is 6.42 Å². The van der Waals surface area contributed by atoms with E-state index >= 15 is 0 Å². The molecule has 1 heterocycles. The number of methoxy groups -OCH3 is 1. The number of ketones is 1. The molecule has 0 spiro atoms. The number of ether oxygens (including phenoxy) is 1. The Morgan fingerprint density at radius 2 is 2.17 bits per heavy atom. The average Bonchev–Trinajstić information content (AvgIpc) is 2.36. The topological polar surface area (TPSA) is 39.2 Å². The number of carbonyl (C=O) groups is 1. The number of carbonyl (C=O) groups excluding carboxylic acids is 1. The minimum Gasteiger partial charge on any atom is -0.496 e. The molecule has 1 aliphatic carbocycles. The molecule has 0 saturated carbocycles. The number of rotatable bonds is 3. The van der Waals surface area contributed by atoms with Crippen molar-refractivity contribution in [3.05, 3.63) is 35.7 Å². The van der Waals surface area contributed by atoms with Crippen molar-refractivity contribution in [2.24, 2.45) is 0 Å². The van der Waals surface area contributed by atoms with Gasteiger partial charge in [0, 0.05) is 17.5 Å². The van der Waals surface area contributed by atoms with E-state index in [1.165, 1.54) is 0 Å². The number of allylic oxidation sites excluding steroid dienone is 1. The third kappa shape index (κ3) is 1.86. The maximum absolute atomic E-state index is 12.0. The molecule has 0 amide bonds. The van der Waals surface area contributed by atoms with Gasteiger partial charge >= 0.3 is 0 Å². The third-order valence-corrected chi connectivity index (χ3v) is 3.19. The summed E-state index contributed by atoms with van der Waals surface area (Å²) < 4.78 is 5.47. The standard InChI is InChI=1S/C15H17NO2/c1-5-10-13(9(2)3)16-14-11(15(10)18-4)7-6-8-12(14)17/h5H,1-2,6-8H2,3-4H3. The summed E-state index contributed by atoms with van der Waals surface area (Å²) in [6.07, 6.45) is 3.96. The maximum atomic E-state index is 12.0. The first-order valence-corrected chi connectivity index (χ1v) is 6.02. The second-order valence-electron chi connectivity index (χ2n) is 4.50. The van der Waals surface area contributed by atoms with E-state index in [4.69, 9.17) is 4.74 Å². The van der Waals surface area contributed by atoms with Crippen LogP contribution in [-0.4, -0.2) is 17.9 Å². The Morgan fingerprint density at radius 3 is 2.72 bits per heavy atom. The summed E-state index contributed by atoms with van der Waals surface area (Å²) in [4.78, 5) is 16.4. The first-order chi connectivity index (χ1) is 8.60. The van der Waals surface area contributed by atoms with Gasteiger partial charge in [-0.05, 0) is 25.3 Å². The molecular weight excluding hydrogens is 226 g/mol. The highest BCUT2D eigenvalue weighted by Crippen LogP contribution is 2.35. The summed E-state index contributed by atoms with van der Waals surface area (Å²) >= 11 is 0. The van der Waals surface area contributed by atoms with E-state index in [0.29, 0.717) is 17.8 Å². The Hall–Kier alpha value is -1.90. The maximum Gasteiger partial charge on any atom is 0.181 e. The number of fused-ring (bicyclic) bond motifs is 1. The van der Waals surface area contributed by atoms with Crippen LogP contribution in [0.4, 0.5) is 0 Å². The number of nitrogens with zero attached hydrogens (tertiary/aromatic N) is 1. The van der Waals surface area contributed by atoms with E-state index in [1.807, 2.05) is 6.92 Å². The molecule has 3 nitrogen and oxygen atoms in total. The van der Waals surface area contributed by atoms with Crippen molar-refractivity contribution in [2.45, 2.75) is 26.2 Å². The monoisotopic (exact) mass is 243 g/mol. The number of Topliss-reactive ketones (excluding diaryl/α,β-unsaturated/α-hetero) is 1. The van der Waals surface area contributed by atoms with Crippen molar-refractivity contribution in [2.75, 3.05) is 7.11 Å². The van der Waals surface area contributed by atoms with Crippen LogP contribution in [0.15, 0.2) is 13.2 Å².